The van der Waals surface area contributed by atoms with Crippen LogP contribution in [0.3, 0.4) is 0 Å². The van der Waals surface area contributed by atoms with Crippen molar-refractivity contribution in [1.82, 2.24) is 24.6 Å². The van der Waals surface area contributed by atoms with Gasteiger partial charge in [0, 0.05) is 37.8 Å². The van der Waals surface area contributed by atoms with Gasteiger partial charge in [0.15, 0.2) is 5.82 Å². The van der Waals surface area contributed by atoms with E-state index in [1.165, 1.54) is 0 Å². The minimum Gasteiger partial charge on any atom is -0.342 e. The number of aryl methyl sites for hydroxylation is 2. The normalized spacial score (nSPS) is 17.8. The number of carbonyl (C=O) groups excluding carboxylic acids is 2. The van der Waals surface area contributed by atoms with E-state index in [0.29, 0.717) is 36.8 Å². The summed E-state index contributed by atoms with van der Waals surface area (Å²) in [5.74, 6) is 0.645. The molecule has 0 aliphatic carbocycles. The Bertz CT molecular complexity index is 927. The van der Waals surface area contributed by atoms with Gasteiger partial charge in [0.2, 0.25) is 5.91 Å². The van der Waals surface area contributed by atoms with Gasteiger partial charge in [0.05, 0.1) is 10.7 Å². The number of halogens is 1. The summed E-state index contributed by atoms with van der Waals surface area (Å²) >= 11 is 6.31. The van der Waals surface area contributed by atoms with Crippen molar-refractivity contribution in [3.8, 4) is 5.82 Å². The molecule has 0 saturated carbocycles. The van der Waals surface area contributed by atoms with Crippen molar-refractivity contribution in [2.75, 3.05) is 26.2 Å². The van der Waals surface area contributed by atoms with E-state index in [4.69, 9.17) is 11.6 Å². The van der Waals surface area contributed by atoms with Crippen LogP contribution in [-0.2, 0) is 4.79 Å². The summed E-state index contributed by atoms with van der Waals surface area (Å²) in [5, 5.41) is 4.76. The molecule has 2 fully saturated rings. The van der Waals surface area contributed by atoms with Gasteiger partial charge in [0.25, 0.3) is 5.91 Å². The maximum atomic E-state index is 13.1. The minimum absolute atomic E-state index is 0.0154. The number of likely N-dealkylation sites (tertiary alicyclic amines) is 2. The van der Waals surface area contributed by atoms with E-state index in [1.807, 2.05) is 24.8 Å². The Labute approximate surface area is 175 Å². The van der Waals surface area contributed by atoms with E-state index in [0.717, 1.165) is 37.3 Å². The molecular formula is C21H26ClN5O2. The van der Waals surface area contributed by atoms with Crippen molar-refractivity contribution in [3.05, 3.63) is 40.3 Å². The first-order chi connectivity index (χ1) is 13.9. The van der Waals surface area contributed by atoms with Crippen LogP contribution in [0.5, 0.6) is 0 Å². The molecule has 0 atom stereocenters. The number of aromatic nitrogens is 3. The first-order valence-corrected chi connectivity index (χ1v) is 10.6. The molecule has 0 N–H and O–H groups in total. The Morgan fingerprint density at radius 1 is 1.03 bits per heavy atom. The Kier molecular flexibility index (Phi) is 5.58. The van der Waals surface area contributed by atoms with Crippen LogP contribution in [0, 0.1) is 19.8 Å². The highest BCUT2D eigenvalue weighted by Crippen LogP contribution is 2.25. The predicted octanol–water partition coefficient (Wildman–Crippen LogP) is 3.01. The number of carbonyl (C=O) groups is 2. The lowest BCUT2D eigenvalue weighted by molar-refractivity contribution is -0.135. The molecule has 2 aromatic heterocycles. The summed E-state index contributed by atoms with van der Waals surface area (Å²) in [7, 11) is 0. The van der Waals surface area contributed by atoms with E-state index < -0.39 is 0 Å². The van der Waals surface area contributed by atoms with Gasteiger partial charge >= 0.3 is 0 Å². The lowest BCUT2D eigenvalue weighted by Crippen LogP contribution is -2.44. The Morgan fingerprint density at radius 3 is 2.34 bits per heavy atom. The molecular weight excluding hydrogens is 390 g/mol. The number of hydrogen-bond donors (Lipinski definition) is 0. The van der Waals surface area contributed by atoms with Gasteiger partial charge in [-0.2, -0.15) is 5.10 Å². The van der Waals surface area contributed by atoms with Crippen LogP contribution in [0.25, 0.3) is 5.82 Å². The zero-order valence-electron chi connectivity index (χ0n) is 16.9. The summed E-state index contributed by atoms with van der Waals surface area (Å²) in [6.07, 6.45) is 3.57. The first kappa shape index (κ1) is 19.9. The van der Waals surface area contributed by atoms with E-state index in [2.05, 4.69) is 10.1 Å². The van der Waals surface area contributed by atoms with E-state index in [1.54, 1.807) is 21.7 Å². The highest BCUT2D eigenvalue weighted by atomic mass is 35.5. The van der Waals surface area contributed by atoms with Crippen LogP contribution in [0.4, 0.5) is 0 Å². The van der Waals surface area contributed by atoms with E-state index >= 15 is 0 Å². The lowest BCUT2D eigenvalue weighted by Gasteiger charge is -2.33. The molecule has 2 aromatic rings. The maximum Gasteiger partial charge on any atom is 0.274 e. The first-order valence-electron chi connectivity index (χ1n) is 10.2. The molecule has 0 bridgehead atoms. The van der Waals surface area contributed by atoms with Crippen LogP contribution in [0.1, 0.15) is 47.6 Å². The molecule has 0 aromatic carbocycles. The largest absolute Gasteiger partial charge is 0.342 e. The van der Waals surface area contributed by atoms with Gasteiger partial charge in [-0.05, 0) is 57.7 Å². The SMILES string of the molecule is Cc1cc(C)n(-c2ccc(Cl)c(C(=O)N3CCC(C(=O)N4CCCC4)CC3)n2)n1. The number of piperidine rings is 1. The molecule has 0 spiro atoms. The average Bonchev–Trinajstić information content (AvgIpc) is 3.37. The second-order valence-corrected chi connectivity index (χ2v) is 8.34. The number of pyridine rings is 1. The molecule has 154 valence electrons. The molecule has 2 amide bonds. The number of nitrogens with zero attached hydrogens (tertiary/aromatic N) is 5. The second-order valence-electron chi connectivity index (χ2n) is 7.94. The molecule has 7 nitrogen and oxygen atoms in total. The van der Waals surface area contributed by atoms with Gasteiger partial charge in [-0.25, -0.2) is 9.67 Å². The standard InChI is InChI=1S/C21H26ClN5O2/c1-14-13-15(2)27(24-14)18-6-5-17(22)19(23-18)21(29)26-11-7-16(8-12-26)20(28)25-9-3-4-10-25/h5-6,13,16H,3-4,7-12H2,1-2H3. The number of amides is 2. The Hall–Kier alpha value is -2.41. The van der Waals surface area contributed by atoms with Crippen LogP contribution in [-0.4, -0.2) is 62.6 Å². The molecule has 0 unspecified atom stereocenters. The second kappa shape index (κ2) is 8.14. The minimum atomic E-state index is -0.189. The van der Waals surface area contributed by atoms with Gasteiger partial charge in [-0.15, -0.1) is 0 Å². The zero-order chi connectivity index (χ0) is 20.5. The lowest BCUT2D eigenvalue weighted by atomic mass is 9.95. The number of rotatable bonds is 3. The summed E-state index contributed by atoms with van der Waals surface area (Å²) in [5.41, 5.74) is 2.06. The van der Waals surface area contributed by atoms with E-state index in [9.17, 15) is 9.59 Å². The van der Waals surface area contributed by atoms with Crippen molar-refractivity contribution in [3.63, 3.8) is 0 Å². The van der Waals surface area contributed by atoms with Crippen molar-refractivity contribution < 1.29 is 9.59 Å². The van der Waals surface area contributed by atoms with Gasteiger partial charge in [-0.1, -0.05) is 11.6 Å². The fourth-order valence-corrected chi connectivity index (χ4v) is 4.42. The molecule has 4 heterocycles. The molecule has 2 aliphatic rings. The van der Waals surface area contributed by atoms with Crippen molar-refractivity contribution in [1.29, 1.82) is 0 Å². The summed E-state index contributed by atoms with van der Waals surface area (Å²) in [4.78, 5) is 33.9. The molecule has 29 heavy (non-hydrogen) atoms. The molecule has 8 heteroatoms. The maximum absolute atomic E-state index is 13.1. The molecule has 0 radical (unpaired) electrons. The quantitative estimate of drug-likeness (QED) is 0.772. The van der Waals surface area contributed by atoms with Crippen LogP contribution >= 0.6 is 11.6 Å². The third kappa shape index (κ3) is 4.01. The van der Waals surface area contributed by atoms with Gasteiger partial charge in [0.1, 0.15) is 5.69 Å². The Balaban J connectivity index is 1.47. The van der Waals surface area contributed by atoms with Crippen molar-refractivity contribution in [2.24, 2.45) is 5.92 Å². The topological polar surface area (TPSA) is 71.3 Å². The highest BCUT2D eigenvalue weighted by molar-refractivity contribution is 6.33. The summed E-state index contributed by atoms with van der Waals surface area (Å²) < 4.78 is 1.71. The average molecular weight is 416 g/mol. The summed E-state index contributed by atoms with van der Waals surface area (Å²) in [6.45, 7) is 6.70. The van der Waals surface area contributed by atoms with Crippen molar-refractivity contribution >= 4 is 23.4 Å². The van der Waals surface area contributed by atoms with Crippen LogP contribution in [0.2, 0.25) is 5.02 Å². The highest BCUT2D eigenvalue weighted by Gasteiger charge is 2.32. The Morgan fingerprint density at radius 2 is 1.72 bits per heavy atom. The number of hydrogen-bond acceptors (Lipinski definition) is 4. The zero-order valence-corrected chi connectivity index (χ0v) is 17.7. The molecule has 2 saturated heterocycles. The third-order valence-corrected chi connectivity index (χ3v) is 6.11. The predicted molar refractivity (Wildman–Crippen MR) is 110 cm³/mol. The molecule has 4 rings (SSSR count). The third-order valence-electron chi connectivity index (χ3n) is 5.81. The fourth-order valence-electron chi connectivity index (χ4n) is 4.24. The monoisotopic (exact) mass is 415 g/mol. The molecule has 2 aliphatic heterocycles. The van der Waals surface area contributed by atoms with Gasteiger partial charge < -0.3 is 9.80 Å². The smallest absolute Gasteiger partial charge is 0.274 e. The summed E-state index contributed by atoms with van der Waals surface area (Å²) in [6, 6.07) is 5.41. The van der Waals surface area contributed by atoms with Crippen LogP contribution < -0.4 is 0 Å². The van der Waals surface area contributed by atoms with E-state index in [-0.39, 0.29) is 23.4 Å². The van der Waals surface area contributed by atoms with Crippen molar-refractivity contribution in [2.45, 2.75) is 39.5 Å². The van der Waals surface area contributed by atoms with Gasteiger partial charge in [-0.3, -0.25) is 9.59 Å². The fraction of sp³-hybridized carbons (Fsp3) is 0.524. The van der Waals surface area contributed by atoms with Crippen LogP contribution in [0.15, 0.2) is 18.2 Å².